The van der Waals surface area contributed by atoms with Crippen LogP contribution in [0.15, 0.2) is 36.5 Å². The molecule has 0 saturated carbocycles. The van der Waals surface area contributed by atoms with Crippen molar-refractivity contribution >= 4 is 16.8 Å². The van der Waals surface area contributed by atoms with Gasteiger partial charge in [0.2, 0.25) is 5.91 Å². The lowest BCUT2D eigenvalue weighted by Crippen LogP contribution is -2.37. The second kappa shape index (κ2) is 8.92. The Morgan fingerprint density at radius 1 is 1.36 bits per heavy atom. The molecule has 1 amide bonds. The van der Waals surface area contributed by atoms with Gasteiger partial charge in [0.15, 0.2) is 0 Å². The van der Waals surface area contributed by atoms with Crippen molar-refractivity contribution in [2.45, 2.75) is 44.8 Å². The highest BCUT2D eigenvalue weighted by Crippen LogP contribution is 2.16. The number of carbonyl (C=O) groups is 1. The maximum absolute atomic E-state index is 12.2. The summed E-state index contributed by atoms with van der Waals surface area (Å²) in [7, 11) is 0. The monoisotopic (exact) mass is 342 g/mol. The van der Waals surface area contributed by atoms with Crippen LogP contribution in [0.4, 0.5) is 0 Å². The molecule has 2 heterocycles. The first-order valence-electron chi connectivity index (χ1n) is 9.07. The van der Waals surface area contributed by atoms with E-state index in [9.17, 15) is 4.79 Å². The number of para-hydroxylation sites is 1. The Morgan fingerprint density at radius 2 is 2.24 bits per heavy atom. The number of hydrogen-bond acceptors (Lipinski definition) is 4. The van der Waals surface area contributed by atoms with E-state index in [1.54, 1.807) is 13.1 Å². The van der Waals surface area contributed by atoms with Gasteiger partial charge in [-0.3, -0.25) is 9.78 Å². The lowest BCUT2D eigenvalue weighted by atomic mass is 10.1. The highest BCUT2D eigenvalue weighted by Gasteiger charge is 2.18. The van der Waals surface area contributed by atoms with Gasteiger partial charge in [-0.1, -0.05) is 24.3 Å². The first kappa shape index (κ1) is 17.8. The molecule has 1 aromatic heterocycles. The van der Waals surface area contributed by atoms with Gasteiger partial charge in [0, 0.05) is 24.7 Å². The van der Waals surface area contributed by atoms with Crippen LogP contribution < -0.4 is 5.32 Å². The number of amides is 1. The van der Waals surface area contributed by atoms with Crippen LogP contribution in [-0.4, -0.2) is 42.9 Å². The maximum Gasteiger partial charge on any atom is 0.248 e. The molecule has 0 bridgehead atoms. The Balaban J connectivity index is 1.43. The predicted octanol–water partition coefficient (Wildman–Crippen LogP) is 2.87. The van der Waals surface area contributed by atoms with Crippen LogP contribution in [-0.2, 0) is 20.7 Å². The molecule has 5 heteroatoms. The standard InChI is InChI=1S/C20H26N2O3/c1-15(25-14-18-9-2-3-13-24-18)20(23)22-12-10-17-7-4-6-16-8-5-11-21-19(16)17/h4-8,11,15,18H,2-3,9-10,12-14H2,1H3,(H,22,23)/t15-,18-/m1/s1. The molecule has 3 rings (SSSR count). The molecular formula is C20H26N2O3. The third kappa shape index (κ3) is 5.00. The molecular weight excluding hydrogens is 316 g/mol. The number of pyridine rings is 1. The number of nitrogens with one attached hydrogen (secondary N) is 1. The minimum atomic E-state index is -0.462. The Hall–Kier alpha value is -1.98. The number of carbonyl (C=O) groups excluding carboxylic acids is 1. The highest BCUT2D eigenvalue weighted by molar-refractivity contribution is 5.82. The maximum atomic E-state index is 12.2. The molecule has 1 aliphatic heterocycles. The van der Waals surface area contributed by atoms with Gasteiger partial charge < -0.3 is 14.8 Å². The zero-order valence-electron chi connectivity index (χ0n) is 14.7. The Kier molecular flexibility index (Phi) is 6.36. The first-order valence-corrected chi connectivity index (χ1v) is 9.07. The van der Waals surface area contributed by atoms with Crippen LogP contribution in [0.3, 0.4) is 0 Å². The SMILES string of the molecule is C[C@@H](OC[C@H]1CCCCO1)C(=O)NCCc1cccc2cccnc12. The third-order valence-corrected chi connectivity index (χ3v) is 4.59. The molecule has 0 radical (unpaired) electrons. The van der Waals surface area contributed by atoms with Crippen molar-refractivity contribution in [2.24, 2.45) is 0 Å². The molecule has 2 atom stereocenters. The summed E-state index contributed by atoms with van der Waals surface area (Å²) >= 11 is 0. The largest absolute Gasteiger partial charge is 0.376 e. The van der Waals surface area contributed by atoms with Gasteiger partial charge in [-0.15, -0.1) is 0 Å². The van der Waals surface area contributed by atoms with E-state index in [2.05, 4.69) is 16.4 Å². The van der Waals surface area contributed by atoms with E-state index in [0.717, 1.165) is 42.3 Å². The highest BCUT2D eigenvalue weighted by atomic mass is 16.5. The smallest absolute Gasteiger partial charge is 0.248 e. The summed E-state index contributed by atoms with van der Waals surface area (Å²) < 4.78 is 11.3. The Morgan fingerprint density at radius 3 is 3.08 bits per heavy atom. The van der Waals surface area contributed by atoms with Gasteiger partial charge in [-0.05, 0) is 44.2 Å². The van der Waals surface area contributed by atoms with Gasteiger partial charge >= 0.3 is 0 Å². The third-order valence-electron chi connectivity index (χ3n) is 4.59. The second-order valence-electron chi connectivity index (χ2n) is 6.50. The van der Waals surface area contributed by atoms with Crippen molar-refractivity contribution in [2.75, 3.05) is 19.8 Å². The minimum absolute atomic E-state index is 0.0796. The van der Waals surface area contributed by atoms with Crippen molar-refractivity contribution in [3.63, 3.8) is 0 Å². The van der Waals surface area contributed by atoms with Crippen molar-refractivity contribution in [1.29, 1.82) is 0 Å². The molecule has 0 unspecified atom stereocenters. The summed E-state index contributed by atoms with van der Waals surface area (Å²) in [5.41, 5.74) is 2.14. The molecule has 0 aliphatic carbocycles. The van der Waals surface area contributed by atoms with Crippen LogP contribution in [0.2, 0.25) is 0 Å². The summed E-state index contributed by atoms with van der Waals surface area (Å²) in [6.45, 7) is 3.65. The fourth-order valence-corrected chi connectivity index (χ4v) is 3.10. The number of nitrogens with zero attached hydrogens (tertiary/aromatic N) is 1. The quantitative estimate of drug-likeness (QED) is 0.840. The van der Waals surface area contributed by atoms with Gasteiger partial charge in [0.05, 0.1) is 18.2 Å². The average Bonchev–Trinajstić information content (AvgIpc) is 2.67. The fraction of sp³-hybridized carbons (Fsp3) is 0.500. The molecule has 1 aromatic carbocycles. The molecule has 2 aromatic rings. The summed E-state index contributed by atoms with van der Waals surface area (Å²) in [6.07, 6.45) is 5.53. The summed E-state index contributed by atoms with van der Waals surface area (Å²) in [5.74, 6) is -0.0796. The lowest BCUT2D eigenvalue weighted by Gasteiger charge is -2.23. The molecule has 5 nitrogen and oxygen atoms in total. The van der Waals surface area contributed by atoms with Crippen LogP contribution in [0.25, 0.3) is 10.9 Å². The number of fused-ring (bicyclic) bond motifs is 1. The second-order valence-corrected chi connectivity index (χ2v) is 6.50. The zero-order chi connectivity index (χ0) is 17.5. The Labute approximate surface area is 148 Å². The van der Waals surface area contributed by atoms with Crippen LogP contribution >= 0.6 is 0 Å². The van der Waals surface area contributed by atoms with E-state index in [4.69, 9.17) is 9.47 Å². The predicted molar refractivity (Wildman–Crippen MR) is 97.5 cm³/mol. The lowest BCUT2D eigenvalue weighted by molar-refractivity contribution is -0.135. The normalized spacial score (nSPS) is 18.8. The van der Waals surface area contributed by atoms with Crippen LogP contribution in [0.5, 0.6) is 0 Å². The van der Waals surface area contributed by atoms with E-state index >= 15 is 0 Å². The van der Waals surface area contributed by atoms with Crippen molar-refractivity contribution in [1.82, 2.24) is 10.3 Å². The van der Waals surface area contributed by atoms with Gasteiger partial charge in [0.1, 0.15) is 6.10 Å². The number of hydrogen-bond donors (Lipinski definition) is 1. The molecule has 1 saturated heterocycles. The fourth-order valence-electron chi connectivity index (χ4n) is 3.10. The molecule has 1 fully saturated rings. The molecule has 1 N–H and O–H groups in total. The van der Waals surface area contributed by atoms with E-state index in [1.165, 1.54) is 6.42 Å². The summed E-state index contributed by atoms with van der Waals surface area (Å²) in [5, 5.41) is 4.07. The molecule has 25 heavy (non-hydrogen) atoms. The average molecular weight is 342 g/mol. The molecule has 1 aliphatic rings. The van der Waals surface area contributed by atoms with Crippen molar-refractivity contribution < 1.29 is 14.3 Å². The first-order chi connectivity index (χ1) is 12.2. The topological polar surface area (TPSA) is 60.5 Å². The minimum Gasteiger partial charge on any atom is -0.376 e. The van der Waals surface area contributed by atoms with Crippen LogP contribution in [0, 0.1) is 0 Å². The Bertz CT molecular complexity index is 693. The number of rotatable bonds is 7. The summed E-state index contributed by atoms with van der Waals surface area (Å²) in [4.78, 5) is 16.6. The van der Waals surface area contributed by atoms with E-state index in [1.807, 2.05) is 24.3 Å². The van der Waals surface area contributed by atoms with Gasteiger partial charge in [-0.2, -0.15) is 0 Å². The zero-order valence-corrected chi connectivity index (χ0v) is 14.7. The van der Waals surface area contributed by atoms with Gasteiger partial charge in [0.25, 0.3) is 0 Å². The number of benzene rings is 1. The van der Waals surface area contributed by atoms with Gasteiger partial charge in [-0.25, -0.2) is 0 Å². The van der Waals surface area contributed by atoms with Crippen molar-refractivity contribution in [3.05, 3.63) is 42.1 Å². The number of aromatic nitrogens is 1. The van der Waals surface area contributed by atoms with Crippen LogP contribution in [0.1, 0.15) is 31.7 Å². The van der Waals surface area contributed by atoms with Crippen molar-refractivity contribution in [3.8, 4) is 0 Å². The number of ether oxygens (including phenoxy) is 2. The van der Waals surface area contributed by atoms with E-state index in [0.29, 0.717) is 13.2 Å². The van der Waals surface area contributed by atoms with E-state index in [-0.39, 0.29) is 12.0 Å². The summed E-state index contributed by atoms with van der Waals surface area (Å²) in [6, 6.07) is 10.1. The molecule has 0 spiro atoms. The van der Waals surface area contributed by atoms with E-state index < -0.39 is 6.10 Å². The molecule has 134 valence electrons.